The molecule has 0 bridgehead atoms. The lowest BCUT2D eigenvalue weighted by Crippen LogP contribution is -2.14. The van der Waals surface area contributed by atoms with E-state index in [2.05, 4.69) is 31.1 Å². The summed E-state index contributed by atoms with van der Waals surface area (Å²) in [6.07, 6.45) is 1.04. The van der Waals surface area contributed by atoms with E-state index in [1.165, 1.54) is 0 Å². The molecule has 0 aliphatic rings. The van der Waals surface area contributed by atoms with Gasteiger partial charge in [0.2, 0.25) is 0 Å². The van der Waals surface area contributed by atoms with Crippen LogP contribution in [0.15, 0.2) is 18.2 Å². The molecule has 0 amide bonds. The van der Waals surface area contributed by atoms with Crippen LogP contribution in [0, 0.1) is 5.92 Å². The first-order valence-electron chi connectivity index (χ1n) is 6.13. The maximum absolute atomic E-state index is 11.1. The van der Waals surface area contributed by atoms with Gasteiger partial charge in [0.1, 0.15) is 5.52 Å². The molecule has 0 aliphatic heterocycles. The molecule has 5 nitrogen and oxygen atoms in total. The van der Waals surface area contributed by atoms with Gasteiger partial charge in [-0.1, -0.05) is 31.5 Å². The second kappa shape index (κ2) is 4.76. The van der Waals surface area contributed by atoms with Gasteiger partial charge in [0.25, 0.3) is 0 Å². The Labute approximate surface area is 105 Å². The van der Waals surface area contributed by atoms with Gasteiger partial charge in [-0.25, -0.2) is 9.48 Å². The lowest BCUT2D eigenvalue weighted by atomic mass is 10.0. The number of hydrogen-bond donors (Lipinski definition) is 1. The fraction of sp³-hybridized carbons (Fsp3) is 0.462. The Morgan fingerprint density at radius 2 is 2.17 bits per heavy atom. The smallest absolute Gasteiger partial charge is 0.338 e. The summed E-state index contributed by atoms with van der Waals surface area (Å²) in [5, 5.41) is 17.2. The highest BCUT2D eigenvalue weighted by molar-refractivity contribution is 6.00. The van der Waals surface area contributed by atoms with Crippen LogP contribution in [-0.2, 0) is 0 Å². The first-order valence-corrected chi connectivity index (χ1v) is 6.13. The number of aromatic nitrogens is 3. The van der Waals surface area contributed by atoms with Crippen molar-refractivity contribution in [2.75, 3.05) is 0 Å². The van der Waals surface area contributed by atoms with Crippen molar-refractivity contribution in [3.05, 3.63) is 23.8 Å². The van der Waals surface area contributed by atoms with Gasteiger partial charge in [0, 0.05) is 0 Å². The number of rotatable bonds is 4. The van der Waals surface area contributed by atoms with Gasteiger partial charge < -0.3 is 5.11 Å². The summed E-state index contributed by atoms with van der Waals surface area (Å²) < 4.78 is 1.82. The molecular weight excluding hydrogens is 230 g/mol. The van der Waals surface area contributed by atoms with Crippen molar-refractivity contribution >= 4 is 17.0 Å². The number of aromatic carboxylic acids is 1. The Balaban J connectivity index is 2.55. The van der Waals surface area contributed by atoms with Gasteiger partial charge in [-0.3, -0.25) is 0 Å². The number of carboxylic acids is 1. The van der Waals surface area contributed by atoms with Crippen molar-refractivity contribution in [1.29, 1.82) is 0 Å². The van der Waals surface area contributed by atoms with Crippen molar-refractivity contribution in [3.8, 4) is 0 Å². The Morgan fingerprint density at radius 1 is 1.44 bits per heavy atom. The van der Waals surface area contributed by atoms with E-state index in [0.717, 1.165) is 11.9 Å². The molecule has 1 N–H and O–H groups in total. The van der Waals surface area contributed by atoms with Crippen molar-refractivity contribution in [1.82, 2.24) is 15.0 Å². The van der Waals surface area contributed by atoms with Crippen LogP contribution in [0.5, 0.6) is 0 Å². The van der Waals surface area contributed by atoms with E-state index in [9.17, 15) is 4.79 Å². The Bertz CT molecular complexity index is 577. The van der Waals surface area contributed by atoms with E-state index in [-0.39, 0.29) is 11.6 Å². The van der Waals surface area contributed by atoms with E-state index in [1.54, 1.807) is 12.1 Å². The minimum atomic E-state index is -0.969. The van der Waals surface area contributed by atoms with Crippen LogP contribution < -0.4 is 0 Å². The second-order valence-corrected chi connectivity index (χ2v) is 4.64. The van der Waals surface area contributed by atoms with Crippen molar-refractivity contribution in [3.63, 3.8) is 0 Å². The van der Waals surface area contributed by atoms with Gasteiger partial charge in [0.05, 0.1) is 17.1 Å². The molecule has 0 saturated carbocycles. The van der Waals surface area contributed by atoms with Crippen LogP contribution in [0.1, 0.15) is 43.6 Å². The molecule has 0 spiro atoms. The zero-order valence-corrected chi connectivity index (χ0v) is 10.8. The predicted molar refractivity (Wildman–Crippen MR) is 68.7 cm³/mol. The van der Waals surface area contributed by atoms with Gasteiger partial charge in [0.15, 0.2) is 0 Å². The molecule has 2 aromatic rings. The summed E-state index contributed by atoms with van der Waals surface area (Å²) in [6, 6.07) is 5.34. The molecular formula is C13H17N3O2. The molecule has 0 saturated heterocycles. The zero-order chi connectivity index (χ0) is 13.3. The number of nitrogens with zero attached hydrogens (tertiary/aromatic N) is 3. The van der Waals surface area contributed by atoms with E-state index < -0.39 is 5.97 Å². The van der Waals surface area contributed by atoms with E-state index in [0.29, 0.717) is 11.4 Å². The monoisotopic (exact) mass is 247 g/mol. The normalized spacial score (nSPS) is 14.6. The number of benzene rings is 1. The molecule has 1 heterocycles. The van der Waals surface area contributed by atoms with E-state index in [4.69, 9.17) is 5.11 Å². The summed E-state index contributed by atoms with van der Waals surface area (Å²) in [4.78, 5) is 11.1. The van der Waals surface area contributed by atoms with Gasteiger partial charge >= 0.3 is 5.97 Å². The van der Waals surface area contributed by atoms with Crippen LogP contribution in [0.3, 0.4) is 0 Å². The highest BCUT2D eigenvalue weighted by Gasteiger charge is 2.19. The van der Waals surface area contributed by atoms with Crippen LogP contribution in [0.2, 0.25) is 0 Å². The van der Waals surface area contributed by atoms with Crippen molar-refractivity contribution in [2.45, 2.75) is 33.2 Å². The van der Waals surface area contributed by atoms with Gasteiger partial charge in [-0.15, -0.1) is 5.10 Å². The molecule has 96 valence electrons. The number of carboxylic acid groups (broad SMARTS) is 1. The number of fused-ring (bicyclic) bond motifs is 1. The third kappa shape index (κ3) is 1.96. The van der Waals surface area contributed by atoms with Crippen LogP contribution in [-0.4, -0.2) is 26.1 Å². The van der Waals surface area contributed by atoms with E-state index in [1.807, 2.05) is 10.7 Å². The van der Waals surface area contributed by atoms with Crippen LogP contribution in [0.25, 0.3) is 11.0 Å². The third-order valence-corrected chi connectivity index (χ3v) is 3.59. The Hall–Kier alpha value is -1.91. The highest BCUT2D eigenvalue weighted by atomic mass is 16.4. The third-order valence-electron chi connectivity index (χ3n) is 3.59. The number of hydrogen-bond acceptors (Lipinski definition) is 3. The van der Waals surface area contributed by atoms with Crippen molar-refractivity contribution < 1.29 is 9.90 Å². The first-order chi connectivity index (χ1) is 8.56. The summed E-state index contributed by atoms with van der Waals surface area (Å²) in [7, 11) is 0. The summed E-state index contributed by atoms with van der Waals surface area (Å²) in [5.41, 5.74) is 1.44. The Kier molecular flexibility index (Phi) is 3.32. The molecule has 2 unspecified atom stereocenters. The summed E-state index contributed by atoms with van der Waals surface area (Å²) in [5.74, 6) is -0.507. The highest BCUT2D eigenvalue weighted by Crippen LogP contribution is 2.25. The average Bonchev–Trinajstić information content (AvgIpc) is 2.80. The molecule has 1 aromatic carbocycles. The molecule has 18 heavy (non-hydrogen) atoms. The molecule has 2 atom stereocenters. The maximum Gasteiger partial charge on any atom is 0.338 e. The van der Waals surface area contributed by atoms with Crippen LogP contribution in [0.4, 0.5) is 0 Å². The minimum Gasteiger partial charge on any atom is -0.478 e. The molecule has 0 radical (unpaired) electrons. The summed E-state index contributed by atoms with van der Waals surface area (Å²) in [6.45, 7) is 6.36. The van der Waals surface area contributed by atoms with Gasteiger partial charge in [-0.05, 0) is 25.0 Å². The standard InChI is InChI=1S/C13H17N3O2/c1-4-8(2)9(3)16-11-7-5-6-10(13(17)18)12(11)14-15-16/h5-9H,4H2,1-3H3,(H,17,18). The quantitative estimate of drug-likeness (QED) is 0.902. The summed E-state index contributed by atoms with van der Waals surface area (Å²) >= 11 is 0. The molecule has 0 fully saturated rings. The molecule has 2 rings (SSSR count). The van der Waals surface area contributed by atoms with Crippen LogP contribution >= 0.6 is 0 Å². The average molecular weight is 247 g/mol. The fourth-order valence-electron chi connectivity index (χ4n) is 2.02. The van der Waals surface area contributed by atoms with E-state index >= 15 is 0 Å². The lowest BCUT2D eigenvalue weighted by molar-refractivity contribution is 0.0699. The minimum absolute atomic E-state index is 0.198. The lowest BCUT2D eigenvalue weighted by Gasteiger charge is -2.18. The SMILES string of the molecule is CCC(C)C(C)n1nnc2c(C(=O)O)cccc21. The van der Waals surface area contributed by atoms with Gasteiger partial charge in [-0.2, -0.15) is 0 Å². The Morgan fingerprint density at radius 3 is 2.78 bits per heavy atom. The largest absolute Gasteiger partial charge is 0.478 e. The second-order valence-electron chi connectivity index (χ2n) is 4.64. The van der Waals surface area contributed by atoms with Crippen molar-refractivity contribution in [2.24, 2.45) is 5.92 Å². The first kappa shape index (κ1) is 12.5. The molecule has 5 heteroatoms. The number of carbonyl (C=O) groups is 1. The predicted octanol–water partition coefficient (Wildman–Crippen LogP) is 2.74. The fourth-order valence-corrected chi connectivity index (χ4v) is 2.02. The molecule has 0 aliphatic carbocycles. The topological polar surface area (TPSA) is 68.0 Å². The maximum atomic E-state index is 11.1. The zero-order valence-electron chi connectivity index (χ0n) is 10.8. The molecule has 1 aromatic heterocycles.